The molecule has 0 bridgehead atoms. The van der Waals surface area contributed by atoms with E-state index in [-0.39, 0.29) is 0 Å². The van der Waals surface area contributed by atoms with E-state index in [2.05, 4.69) is 61.0 Å². The van der Waals surface area contributed by atoms with Crippen LogP contribution in [0.1, 0.15) is 25.8 Å². The largest absolute Gasteiger partial charge is 0.316 e. The van der Waals surface area contributed by atoms with Gasteiger partial charge in [0.15, 0.2) is 0 Å². The minimum Gasteiger partial charge on any atom is -0.316 e. The van der Waals surface area contributed by atoms with Gasteiger partial charge in [0.05, 0.1) is 0 Å². The summed E-state index contributed by atoms with van der Waals surface area (Å²) >= 11 is 1.84. The Labute approximate surface area is 120 Å². The molecule has 0 amide bonds. The van der Waals surface area contributed by atoms with Crippen LogP contribution in [0.25, 0.3) is 10.1 Å². The van der Waals surface area contributed by atoms with Crippen molar-refractivity contribution in [1.82, 2.24) is 5.32 Å². The van der Waals surface area contributed by atoms with Crippen molar-refractivity contribution in [3.8, 4) is 0 Å². The first-order chi connectivity index (χ1) is 9.27. The maximum absolute atomic E-state index is 3.46. The maximum Gasteiger partial charge on any atom is 0.0345 e. The normalized spacial score (nSPS) is 11.9. The van der Waals surface area contributed by atoms with Crippen molar-refractivity contribution in [2.24, 2.45) is 5.92 Å². The average Bonchev–Trinajstić information content (AvgIpc) is 2.81. The summed E-state index contributed by atoms with van der Waals surface area (Å²) in [6.07, 6.45) is 6.76. The molecule has 0 fully saturated rings. The van der Waals surface area contributed by atoms with Gasteiger partial charge in [-0.1, -0.05) is 44.2 Å². The van der Waals surface area contributed by atoms with Crippen LogP contribution in [0.4, 0.5) is 0 Å². The van der Waals surface area contributed by atoms with Crippen LogP contribution in [0.3, 0.4) is 0 Å². The molecule has 2 rings (SSSR count). The predicted octanol–water partition coefficient (Wildman–Crippen LogP) is 4.64. The molecule has 19 heavy (non-hydrogen) atoms. The Balaban J connectivity index is 1.76. The minimum absolute atomic E-state index is 0.737. The standard InChI is InChI=1S/C17H23NS/c1-14(2)12-18-11-7-3-4-8-15-13-19-17-10-6-5-9-16(15)17/h3-6,9-10,13-14,18H,7-8,11-12H2,1-2H3. The Morgan fingerprint density at radius 3 is 2.89 bits per heavy atom. The van der Waals surface area contributed by atoms with Crippen LogP contribution < -0.4 is 5.32 Å². The number of fused-ring (bicyclic) bond motifs is 1. The molecule has 1 nitrogen and oxygen atoms in total. The minimum atomic E-state index is 0.737. The summed E-state index contributed by atoms with van der Waals surface area (Å²) in [5.41, 5.74) is 1.45. The summed E-state index contributed by atoms with van der Waals surface area (Å²) in [7, 11) is 0. The molecule has 2 aromatic rings. The summed E-state index contributed by atoms with van der Waals surface area (Å²) < 4.78 is 1.39. The van der Waals surface area contributed by atoms with Crippen LogP contribution in [0, 0.1) is 5.92 Å². The Bertz CT molecular complexity index is 525. The van der Waals surface area contributed by atoms with Crippen LogP contribution in [0.5, 0.6) is 0 Å². The Morgan fingerprint density at radius 2 is 2.05 bits per heavy atom. The average molecular weight is 273 g/mol. The molecule has 0 radical (unpaired) electrons. The molecule has 0 aliphatic rings. The molecule has 0 atom stereocenters. The second kappa shape index (κ2) is 7.46. The topological polar surface area (TPSA) is 12.0 Å². The molecular weight excluding hydrogens is 250 g/mol. The number of allylic oxidation sites excluding steroid dienone is 1. The third-order valence-electron chi connectivity index (χ3n) is 3.11. The number of hydrogen-bond acceptors (Lipinski definition) is 2. The highest BCUT2D eigenvalue weighted by atomic mass is 32.1. The second-order valence-electron chi connectivity index (χ2n) is 5.32. The van der Waals surface area contributed by atoms with Crippen molar-refractivity contribution < 1.29 is 0 Å². The van der Waals surface area contributed by atoms with Gasteiger partial charge in [0.1, 0.15) is 0 Å². The van der Waals surface area contributed by atoms with Crippen molar-refractivity contribution in [3.05, 3.63) is 47.4 Å². The van der Waals surface area contributed by atoms with Gasteiger partial charge in [0.2, 0.25) is 0 Å². The van der Waals surface area contributed by atoms with Gasteiger partial charge in [0.25, 0.3) is 0 Å². The van der Waals surface area contributed by atoms with Gasteiger partial charge in [0, 0.05) is 4.70 Å². The van der Waals surface area contributed by atoms with Crippen LogP contribution >= 0.6 is 11.3 Å². The number of benzene rings is 1. The summed E-state index contributed by atoms with van der Waals surface area (Å²) in [5, 5.41) is 7.15. The fraction of sp³-hybridized carbons (Fsp3) is 0.412. The van der Waals surface area contributed by atoms with Gasteiger partial charge in [-0.3, -0.25) is 0 Å². The fourth-order valence-corrected chi connectivity index (χ4v) is 3.07. The molecule has 1 aromatic heterocycles. The predicted molar refractivity (Wildman–Crippen MR) is 87.0 cm³/mol. The van der Waals surface area contributed by atoms with Gasteiger partial charge in [-0.15, -0.1) is 11.3 Å². The molecule has 1 N–H and O–H groups in total. The van der Waals surface area contributed by atoms with E-state index in [4.69, 9.17) is 0 Å². The van der Waals surface area contributed by atoms with Crippen LogP contribution in [0.15, 0.2) is 41.8 Å². The maximum atomic E-state index is 3.46. The molecule has 0 saturated carbocycles. The van der Waals surface area contributed by atoms with Crippen molar-refractivity contribution in [1.29, 1.82) is 0 Å². The van der Waals surface area contributed by atoms with E-state index in [9.17, 15) is 0 Å². The lowest BCUT2D eigenvalue weighted by molar-refractivity contribution is 0.556. The Morgan fingerprint density at radius 1 is 1.21 bits per heavy atom. The Kier molecular flexibility index (Phi) is 5.62. The second-order valence-corrected chi connectivity index (χ2v) is 6.23. The first-order valence-corrected chi connectivity index (χ1v) is 7.96. The lowest BCUT2D eigenvalue weighted by Gasteiger charge is -2.04. The molecule has 0 unspecified atom stereocenters. The molecule has 0 aliphatic carbocycles. The van der Waals surface area contributed by atoms with Crippen molar-refractivity contribution in [2.45, 2.75) is 26.7 Å². The van der Waals surface area contributed by atoms with E-state index in [1.807, 2.05) is 11.3 Å². The number of thiophene rings is 1. The molecule has 102 valence electrons. The summed E-state index contributed by atoms with van der Waals surface area (Å²) in [6.45, 7) is 6.68. The van der Waals surface area contributed by atoms with Crippen LogP contribution in [-0.2, 0) is 6.42 Å². The van der Waals surface area contributed by atoms with Crippen LogP contribution in [0.2, 0.25) is 0 Å². The van der Waals surface area contributed by atoms with E-state index in [1.165, 1.54) is 15.6 Å². The number of hydrogen-bond donors (Lipinski definition) is 1. The van der Waals surface area contributed by atoms with Gasteiger partial charge in [-0.2, -0.15) is 0 Å². The highest BCUT2D eigenvalue weighted by molar-refractivity contribution is 7.17. The van der Waals surface area contributed by atoms with Crippen molar-refractivity contribution >= 4 is 21.4 Å². The summed E-state index contributed by atoms with van der Waals surface area (Å²) in [6, 6.07) is 8.65. The molecular formula is C17H23NS. The van der Waals surface area contributed by atoms with Gasteiger partial charge >= 0.3 is 0 Å². The highest BCUT2D eigenvalue weighted by Gasteiger charge is 2.00. The van der Waals surface area contributed by atoms with E-state index in [0.717, 1.165) is 31.8 Å². The Hall–Kier alpha value is -1.12. The van der Waals surface area contributed by atoms with Gasteiger partial charge < -0.3 is 5.32 Å². The fourth-order valence-electron chi connectivity index (χ4n) is 2.10. The van der Waals surface area contributed by atoms with Crippen molar-refractivity contribution in [2.75, 3.05) is 13.1 Å². The molecule has 1 aromatic carbocycles. The van der Waals surface area contributed by atoms with E-state index in [0.29, 0.717) is 0 Å². The smallest absolute Gasteiger partial charge is 0.0345 e. The zero-order valence-electron chi connectivity index (χ0n) is 11.9. The van der Waals surface area contributed by atoms with Gasteiger partial charge in [-0.05, 0) is 54.2 Å². The zero-order valence-corrected chi connectivity index (χ0v) is 12.7. The van der Waals surface area contributed by atoms with Crippen molar-refractivity contribution in [3.63, 3.8) is 0 Å². The number of nitrogens with one attached hydrogen (secondary N) is 1. The number of rotatable bonds is 7. The molecule has 2 heteroatoms. The lowest BCUT2D eigenvalue weighted by atomic mass is 10.1. The summed E-state index contributed by atoms with van der Waals surface area (Å²) in [5.74, 6) is 0.737. The van der Waals surface area contributed by atoms with E-state index in [1.54, 1.807) is 0 Å². The highest BCUT2D eigenvalue weighted by Crippen LogP contribution is 2.25. The molecule has 0 saturated heterocycles. The van der Waals surface area contributed by atoms with Crippen LogP contribution in [-0.4, -0.2) is 13.1 Å². The molecule has 0 spiro atoms. The third kappa shape index (κ3) is 4.48. The first-order valence-electron chi connectivity index (χ1n) is 7.08. The lowest BCUT2D eigenvalue weighted by Crippen LogP contribution is -2.20. The van der Waals surface area contributed by atoms with E-state index < -0.39 is 0 Å². The SMILES string of the molecule is CC(C)CNCCC=CCc1csc2ccccc12. The first kappa shape index (κ1) is 14.3. The van der Waals surface area contributed by atoms with E-state index >= 15 is 0 Å². The zero-order chi connectivity index (χ0) is 13.5. The third-order valence-corrected chi connectivity index (χ3v) is 4.12. The molecule has 0 aliphatic heterocycles. The quantitative estimate of drug-likeness (QED) is 0.572. The molecule has 1 heterocycles. The van der Waals surface area contributed by atoms with Gasteiger partial charge in [-0.25, -0.2) is 0 Å². The monoisotopic (exact) mass is 273 g/mol. The summed E-state index contributed by atoms with van der Waals surface area (Å²) in [4.78, 5) is 0.